The third kappa shape index (κ3) is 7.49. The van der Waals surface area contributed by atoms with Crippen molar-refractivity contribution in [1.82, 2.24) is 29.7 Å². The maximum Gasteiger partial charge on any atom is 0.411 e. The first-order valence-corrected chi connectivity index (χ1v) is 17.7. The van der Waals surface area contributed by atoms with Crippen LogP contribution in [0.5, 0.6) is 0 Å². The monoisotopic (exact) mass is 690 g/mol. The summed E-state index contributed by atoms with van der Waals surface area (Å²) in [5.74, 6) is 1.32. The van der Waals surface area contributed by atoms with E-state index >= 15 is 0 Å². The molecule has 51 heavy (non-hydrogen) atoms. The van der Waals surface area contributed by atoms with Gasteiger partial charge in [0, 0.05) is 24.8 Å². The summed E-state index contributed by atoms with van der Waals surface area (Å²) in [4.78, 5) is 45.3. The molecule has 3 aromatic carbocycles. The van der Waals surface area contributed by atoms with E-state index in [1.165, 1.54) is 0 Å². The summed E-state index contributed by atoms with van der Waals surface area (Å²) in [6.45, 7) is 12.2. The molecule has 0 spiro atoms. The molecule has 5 aromatic rings. The molecule has 2 saturated heterocycles. The summed E-state index contributed by atoms with van der Waals surface area (Å²) >= 11 is 0. The first kappa shape index (κ1) is 34.3. The average molecular weight is 691 g/mol. The lowest BCUT2D eigenvalue weighted by atomic mass is 10.0. The molecular weight excluding hydrogens is 644 g/mol. The molecule has 0 bridgehead atoms. The van der Waals surface area contributed by atoms with Gasteiger partial charge in [-0.2, -0.15) is 0 Å². The highest BCUT2D eigenvalue weighted by atomic mass is 16.6. The average Bonchev–Trinajstić information content (AvgIpc) is 3.87. The van der Waals surface area contributed by atoms with Gasteiger partial charge in [-0.1, -0.05) is 42.5 Å². The number of aliphatic hydroxyl groups is 1. The van der Waals surface area contributed by atoms with Crippen LogP contribution in [0.2, 0.25) is 0 Å². The standard InChI is InChI=1S/C40H46N6O5/c1-39(2,3)50-37(48)45-18-7-8-32(45)35-42-29-16-12-25(21-30(29)43-35)10-9-24-11-13-27-22-28(15-14-26(27)20-24)31-23-41-36(44-31)34-33(47)17-19-46(34)38(49)51-40(4,5)6/h9-16,20-23,32-34,47H,7-8,17-19H2,1-6H3,(H,41,44)(H,42,43)/b10-9+/t32-,33+,34-/m0/s1. The number of H-pyrrole nitrogens is 2. The predicted molar refractivity (Wildman–Crippen MR) is 198 cm³/mol. The Morgan fingerprint density at radius 3 is 2.22 bits per heavy atom. The van der Waals surface area contributed by atoms with Crippen LogP contribution in [0.25, 0.3) is 45.2 Å². The molecular formula is C40H46N6O5. The number of carbonyl (C=O) groups is 2. The number of benzene rings is 3. The van der Waals surface area contributed by atoms with E-state index in [-0.39, 0.29) is 12.1 Å². The van der Waals surface area contributed by atoms with Crippen LogP contribution in [0.1, 0.15) is 95.7 Å². The summed E-state index contributed by atoms with van der Waals surface area (Å²) in [7, 11) is 0. The van der Waals surface area contributed by atoms with E-state index < -0.39 is 29.4 Å². The smallest absolute Gasteiger partial charge is 0.411 e. The lowest BCUT2D eigenvalue weighted by Gasteiger charge is -2.28. The van der Waals surface area contributed by atoms with Crippen molar-refractivity contribution >= 4 is 46.1 Å². The number of amides is 2. The van der Waals surface area contributed by atoms with E-state index in [0.29, 0.717) is 25.3 Å². The van der Waals surface area contributed by atoms with Crippen LogP contribution in [0.3, 0.4) is 0 Å². The Labute approximate surface area is 297 Å². The number of carbonyl (C=O) groups excluding carboxylic acids is 2. The number of aromatic amines is 2. The molecule has 3 atom stereocenters. The molecule has 2 aliphatic rings. The van der Waals surface area contributed by atoms with Crippen LogP contribution >= 0.6 is 0 Å². The van der Waals surface area contributed by atoms with Crippen molar-refractivity contribution in [3.63, 3.8) is 0 Å². The molecule has 0 aliphatic carbocycles. The summed E-state index contributed by atoms with van der Waals surface area (Å²) in [6, 6.07) is 18.0. The van der Waals surface area contributed by atoms with Gasteiger partial charge in [-0.15, -0.1) is 0 Å². The maximum absolute atomic E-state index is 12.9. The number of rotatable bonds is 5. The largest absolute Gasteiger partial charge is 0.444 e. The Hall–Kier alpha value is -5.16. The van der Waals surface area contributed by atoms with Gasteiger partial charge in [0.25, 0.3) is 0 Å². The van der Waals surface area contributed by atoms with Gasteiger partial charge in [0.2, 0.25) is 0 Å². The van der Waals surface area contributed by atoms with Crippen molar-refractivity contribution in [2.45, 2.75) is 90.2 Å². The molecule has 0 unspecified atom stereocenters. The summed E-state index contributed by atoms with van der Waals surface area (Å²) < 4.78 is 11.2. The van der Waals surface area contributed by atoms with E-state index in [9.17, 15) is 14.7 Å². The number of ether oxygens (including phenoxy) is 2. The zero-order valence-electron chi connectivity index (χ0n) is 30.1. The van der Waals surface area contributed by atoms with Gasteiger partial charge in [-0.3, -0.25) is 9.80 Å². The lowest BCUT2D eigenvalue weighted by Crippen LogP contribution is -2.38. The number of hydrogen-bond acceptors (Lipinski definition) is 7. The molecule has 3 N–H and O–H groups in total. The second-order valence-electron chi connectivity index (χ2n) is 15.5. The van der Waals surface area contributed by atoms with Crippen molar-refractivity contribution in [2.24, 2.45) is 0 Å². The fourth-order valence-corrected chi connectivity index (χ4v) is 6.88. The molecule has 2 aromatic heterocycles. The van der Waals surface area contributed by atoms with Crippen molar-refractivity contribution in [3.8, 4) is 11.3 Å². The molecule has 0 saturated carbocycles. The topological polar surface area (TPSA) is 137 Å². The van der Waals surface area contributed by atoms with Crippen LogP contribution in [0.4, 0.5) is 9.59 Å². The second-order valence-corrected chi connectivity index (χ2v) is 15.5. The van der Waals surface area contributed by atoms with E-state index in [4.69, 9.17) is 19.4 Å². The minimum atomic E-state index is -0.730. The number of likely N-dealkylation sites (tertiary alicyclic amines) is 2. The quantitative estimate of drug-likeness (QED) is 0.158. The van der Waals surface area contributed by atoms with E-state index in [1.807, 2.05) is 59.9 Å². The Kier molecular flexibility index (Phi) is 8.87. The molecule has 0 radical (unpaired) electrons. The second kappa shape index (κ2) is 13.2. The Morgan fingerprint density at radius 2 is 1.47 bits per heavy atom. The highest BCUT2D eigenvalue weighted by molar-refractivity contribution is 5.90. The Bertz CT molecular complexity index is 2120. The number of fused-ring (bicyclic) bond motifs is 2. The van der Waals surface area contributed by atoms with Crippen LogP contribution < -0.4 is 0 Å². The SMILES string of the molecule is CC(C)(C)OC(=O)N1CC[C@@H](O)[C@H]1c1nc(-c2ccc3cc(/C=C/c4ccc5[nH]c([C@@H]6CCCN6C(=O)OC(C)(C)C)nc5c4)ccc3c2)c[nH]1. The van der Waals surface area contributed by atoms with Crippen LogP contribution in [0.15, 0.2) is 60.8 Å². The van der Waals surface area contributed by atoms with Gasteiger partial charge in [0.15, 0.2) is 0 Å². The molecule has 11 nitrogen and oxygen atoms in total. The third-order valence-electron chi connectivity index (χ3n) is 9.22. The van der Waals surface area contributed by atoms with Crippen molar-refractivity contribution in [3.05, 3.63) is 83.6 Å². The first-order chi connectivity index (χ1) is 24.2. The number of aliphatic hydroxyl groups excluding tert-OH is 1. The van der Waals surface area contributed by atoms with Gasteiger partial charge in [-0.25, -0.2) is 19.6 Å². The number of hydrogen-bond donors (Lipinski definition) is 3. The molecule has 2 amide bonds. The Balaban J connectivity index is 1.05. The predicted octanol–water partition coefficient (Wildman–Crippen LogP) is 8.39. The van der Waals surface area contributed by atoms with Crippen molar-refractivity contribution < 1.29 is 24.2 Å². The highest BCUT2D eigenvalue weighted by Crippen LogP contribution is 2.35. The van der Waals surface area contributed by atoms with Crippen molar-refractivity contribution in [2.75, 3.05) is 13.1 Å². The summed E-state index contributed by atoms with van der Waals surface area (Å²) in [6.07, 6.45) is 6.71. The fourth-order valence-electron chi connectivity index (χ4n) is 6.88. The minimum Gasteiger partial charge on any atom is -0.444 e. The van der Waals surface area contributed by atoms with Gasteiger partial charge < -0.3 is 24.5 Å². The van der Waals surface area contributed by atoms with E-state index in [0.717, 1.165) is 62.9 Å². The van der Waals surface area contributed by atoms with Crippen LogP contribution in [0, 0.1) is 0 Å². The van der Waals surface area contributed by atoms with Gasteiger partial charge in [-0.05, 0) is 107 Å². The normalized spacial score (nSPS) is 19.9. The minimum absolute atomic E-state index is 0.130. The van der Waals surface area contributed by atoms with Crippen LogP contribution in [-0.2, 0) is 9.47 Å². The molecule has 4 heterocycles. The number of nitrogens with zero attached hydrogens (tertiary/aromatic N) is 4. The summed E-state index contributed by atoms with van der Waals surface area (Å²) in [5.41, 5.74) is 4.38. The zero-order chi connectivity index (χ0) is 36.1. The molecule has 7 rings (SSSR count). The van der Waals surface area contributed by atoms with Gasteiger partial charge >= 0.3 is 12.2 Å². The molecule has 2 fully saturated rings. The molecule has 266 valence electrons. The van der Waals surface area contributed by atoms with Crippen LogP contribution in [-0.4, -0.2) is 77.4 Å². The third-order valence-corrected chi connectivity index (χ3v) is 9.22. The van der Waals surface area contributed by atoms with Gasteiger partial charge in [0.05, 0.1) is 28.9 Å². The number of imidazole rings is 2. The van der Waals surface area contributed by atoms with E-state index in [1.54, 1.807) is 9.80 Å². The molecule has 11 heteroatoms. The number of nitrogens with one attached hydrogen (secondary N) is 2. The lowest BCUT2D eigenvalue weighted by molar-refractivity contribution is 0.0141. The first-order valence-electron chi connectivity index (χ1n) is 17.7. The highest BCUT2D eigenvalue weighted by Gasteiger charge is 2.41. The van der Waals surface area contributed by atoms with Crippen molar-refractivity contribution in [1.29, 1.82) is 0 Å². The maximum atomic E-state index is 12.9. The Morgan fingerprint density at radius 1 is 0.804 bits per heavy atom. The van der Waals surface area contributed by atoms with E-state index in [2.05, 4.69) is 64.6 Å². The zero-order valence-corrected chi connectivity index (χ0v) is 30.1. The fraction of sp³-hybridized carbons (Fsp3) is 0.400. The number of aromatic nitrogens is 4. The van der Waals surface area contributed by atoms with Gasteiger partial charge in [0.1, 0.15) is 28.9 Å². The summed E-state index contributed by atoms with van der Waals surface area (Å²) in [5, 5.41) is 12.9. The molecule has 2 aliphatic heterocycles.